The molecule has 156 valence electrons. The van der Waals surface area contributed by atoms with E-state index in [2.05, 4.69) is 4.98 Å². The molecule has 0 aliphatic rings. The second-order valence-electron chi connectivity index (χ2n) is 7.24. The summed E-state index contributed by atoms with van der Waals surface area (Å²) >= 11 is 0. The molecule has 4 aromatic rings. The van der Waals surface area contributed by atoms with E-state index in [1.165, 1.54) is 0 Å². The molecule has 0 saturated carbocycles. The van der Waals surface area contributed by atoms with Crippen molar-refractivity contribution < 1.29 is 14.3 Å². The van der Waals surface area contributed by atoms with Crippen LogP contribution in [0, 0.1) is 0 Å². The molecular formula is C25H23N3O3. The highest BCUT2D eigenvalue weighted by molar-refractivity contribution is 5.82. The number of carbonyl (C=O) groups excluding carboxylic acids is 2. The summed E-state index contributed by atoms with van der Waals surface area (Å²) < 4.78 is 7.02. The Morgan fingerprint density at radius 2 is 1.39 bits per heavy atom. The monoisotopic (exact) mass is 413 g/mol. The minimum atomic E-state index is -0.476. The van der Waals surface area contributed by atoms with Crippen molar-refractivity contribution in [3.8, 4) is 0 Å². The van der Waals surface area contributed by atoms with Crippen LogP contribution in [0.25, 0.3) is 11.0 Å². The molecule has 6 nitrogen and oxygen atoms in total. The fourth-order valence-corrected chi connectivity index (χ4v) is 3.39. The number of rotatable bonds is 8. The molecule has 0 aliphatic heterocycles. The van der Waals surface area contributed by atoms with Gasteiger partial charge in [-0.2, -0.15) is 0 Å². The van der Waals surface area contributed by atoms with E-state index in [1.54, 1.807) is 15.8 Å². The lowest BCUT2D eigenvalue weighted by Crippen LogP contribution is -2.34. The van der Waals surface area contributed by atoms with Gasteiger partial charge in [0, 0.05) is 13.1 Å². The standard InChI is InChI=1S/C25H23N3O3/c29-24(18-31-25(30)17-28-19-26-22-13-7-8-14-23(22)28)27(15-20-9-3-1-4-10-20)16-21-11-5-2-6-12-21/h1-14,19H,15-18H2. The van der Waals surface area contributed by atoms with Crippen molar-refractivity contribution >= 4 is 22.9 Å². The summed E-state index contributed by atoms with van der Waals surface area (Å²) in [5, 5.41) is 0. The molecule has 0 atom stereocenters. The predicted octanol–water partition coefficient (Wildman–Crippen LogP) is 3.81. The number of nitrogens with zero attached hydrogens (tertiary/aromatic N) is 3. The van der Waals surface area contributed by atoms with Crippen LogP contribution < -0.4 is 0 Å². The summed E-state index contributed by atoms with van der Waals surface area (Å²) in [6.45, 7) is 0.590. The molecule has 0 radical (unpaired) electrons. The first-order chi connectivity index (χ1) is 15.2. The second-order valence-corrected chi connectivity index (χ2v) is 7.24. The van der Waals surface area contributed by atoms with Crippen LogP contribution >= 0.6 is 0 Å². The first-order valence-electron chi connectivity index (χ1n) is 10.1. The van der Waals surface area contributed by atoms with Gasteiger partial charge in [0.15, 0.2) is 6.61 Å². The Kier molecular flexibility index (Phi) is 6.38. The van der Waals surface area contributed by atoms with Gasteiger partial charge in [0.2, 0.25) is 0 Å². The lowest BCUT2D eigenvalue weighted by molar-refractivity contribution is -0.153. The van der Waals surface area contributed by atoms with Crippen molar-refractivity contribution in [3.05, 3.63) is 102 Å². The molecule has 0 spiro atoms. The van der Waals surface area contributed by atoms with Crippen molar-refractivity contribution in [1.82, 2.24) is 14.5 Å². The molecule has 1 aromatic heterocycles. The highest BCUT2D eigenvalue weighted by atomic mass is 16.5. The normalized spacial score (nSPS) is 10.7. The largest absolute Gasteiger partial charge is 0.454 e. The Labute approximate surface area is 180 Å². The number of fused-ring (bicyclic) bond motifs is 1. The number of amides is 1. The topological polar surface area (TPSA) is 64.4 Å². The fourth-order valence-electron chi connectivity index (χ4n) is 3.39. The lowest BCUT2D eigenvalue weighted by Gasteiger charge is -2.23. The molecule has 4 rings (SSSR count). The number of carbonyl (C=O) groups is 2. The van der Waals surface area contributed by atoms with Crippen LogP contribution in [0.2, 0.25) is 0 Å². The van der Waals surface area contributed by atoms with Gasteiger partial charge < -0.3 is 14.2 Å². The number of imidazole rings is 1. The predicted molar refractivity (Wildman–Crippen MR) is 118 cm³/mol. The average molecular weight is 413 g/mol. The van der Waals surface area contributed by atoms with Crippen molar-refractivity contribution in [2.24, 2.45) is 0 Å². The molecule has 0 fully saturated rings. The molecule has 1 amide bonds. The van der Waals surface area contributed by atoms with Gasteiger partial charge in [-0.15, -0.1) is 0 Å². The Hall–Kier alpha value is -3.93. The summed E-state index contributed by atoms with van der Waals surface area (Å²) in [6, 6.07) is 27.1. The zero-order valence-electron chi connectivity index (χ0n) is 17.1. The molecule has 0 bridgehead atoms. The van der Waals surface area contributed by atoms with E-state index in [0.29, 0.717) is 13.1 Å². The summed E-state index contributed by atoms with van der Waals surface area (Å²) in [4.78, 5) is 31.2. The maximum Gasteiger partial charge on any atom is 0.326 e. The van der Waals surface area contributed by atoms with Crippen molar-refractivity contribution in [2.75, 3.05) is 6.61 Å². The van der Waals surface area contributed by atoms with E-state index in [9.17, 15) is 9.59 Å². The average Bonchev–Trinajstić information content (AvgIpc) is 3.21. The Morgan fingerprint density at radius 1 is 0.806 bits per heavy atom. The molecule has 3 aromatic carbocycles. The van der Waals surface area contributed by atoms with E-state index >= 15 is 0 Å². The Bertz CT molecular complexity index is 1110. The maximum absolute atomic E-state index is 12.9. The summed E-state index contributed by atoms with van der Waals surface area (Å²) in [6.07, 6.45) is 1.60. The molecule has 31 heavy (non-hydrogen) atoms. The summed E-state index contributed by atoms with van der Waals surface area (Å²) in [5.74, 6) is -0.715. The molecule has 0 N–H and O–H groups in total. The Morgan fingerprint density at radius 3 is 2.03 bits per heavy atom. The van der Waals surface area contributed by atoms with Crippen molar-refractivity contribution in [3.63, 3.8) is 0 Å². The third-order valence-corrected chi connectivity index (χ3v) is 4.97. The van der Waals surface area contributed by atoms with Gasteiger partial charge in [0.05, 0.1) is 17.4 Å². The van der Waals surface area contributed by atoms with Gasteiger partial charge >= 0.3 is 5.97 Å². The lowest BCUT2D eigenvalue weighted by atomic mass is 10.1. The molecule has 1 heterocycles. The molecule has 6 heteroatoms. The second kappa shape index (κ2) is 9.71. The van der Waals surface area contributed by atoms with Gasteiger partial charge in [-0.1, -0.05) is 72.8 Å². The van der Waals surface area contributed by atoms with Crippen molar-refractivity contribution in [2.45, 2.75) is 19.6 Å². The highest BCUT2D eigenvalue weighted by Gasteiger charge is 2.17. The zero-order valence-corrected chi connectivity index (χ0v) is 17.1. The highest BCUT2D eigenvalue weighted by Crippen LogP contribution is 2.13. The van der Waals surface area contributed by atoms with Crippen LogP contribution in [-0.4, -0.2) is 32.9 Å². The Balaban J connectivity index is 1.39. The molecule has 0 aliphatic carbocycles. The van der Waals surface area contributed by atoms with Gasteiger partial charge in [0.1, 0.15) is 6.54 Å². The minimum Gasteiger partial charge on any atom is -0.454 e. The minimum absolute atomic E-state index is 0.00512. The van der Waals surface area contributed by atoms with Gasteiger partial charge in [-0.3, -0.25) is 9.59 Å². The van der Waals surface area contributed by atoms with Gasteiger partial charge in [-0.05, 0) is 23.3 Å². The number of hydrogen-bond donors (Lipinski definition) is 0. The smallest absolute Gasteiger partial charge is 0.326 e. The molecule has 0 unspecified atom stereocenters. The van der Waals surface area contributed by atoms with E-state index in [1.807, 2.05) is 84.9 Å². The number of aromatic nitrogens is 2. The number of ether oxygens (including phenoxy) is 1. The van der Waals surface area contributed by atoms with E-state index in [-0.39, 0.29) is 19.1 Å². The number of esters is 1. The quantitative estimate of drug-likeness (QED) is 0.412. The number of benzene rings is 3. The van der Waals surface area contributed by atoms with Crippen LogP contribution in [0.5, 0.6) is 0 Å². The van der Waals surface area contributed by atoms with Crippen LogP contribution in [-0.2, 0) is 34.0 Å². The van der Waals surface area contributed by atoms with Crippen LogP contribution in [0.4, 0.5) is 0 Å². The number of hydrogen-bond acceptors (Lipinski definition) is 4. The maximum atomic E-state index is 12.9. The molecule has 0 saturated heterocycles. The summed E-state index contributed by atoms with van der Waals surface area (Å²) in [7, 11) is 0. The van der Waals surface area contributed by atoms with E-state index in [0.717, 1.165) is 22.2 Å². The van der Waals surface area contributed by atoms with E-state index < -0.39 is 5.97 Å². The van der Waals surface area contributed by atoms with Crippen LogP contribution in [0.15, 0.2) is 91.3 Å². The third kappa shape index (κ3) is 5.36. The van der Waals surface area contributed by atoms with Gasteiger partial charge in [-0.25, -0.2) is 4.98 Å². The summed E-state index contributed by atoms with van der Waals surface area (Å²) in [5.41, 5.74) is 3.69. The third-order valence-electron chi connectivity index (χ3n) is 4.97. The first kappa shape index (κ1) is 20.3. The SMILES string of the molecule is O=C(Cn1cnc2ccccc21)OCC(=O)N(Cc1ccccc1)Cc1ccccc1. The zero-order chi connectivity index (χ0) is 21.5. The van der Waals surface area contributed by atoms with Gasteiger partial charge in [0.25, 0.3) is 5.91 Å². The molecular weight excluding hydrogens is 390 g/mol. The van der Waals surface area contributed by atoms with Crippen molar-refractivity contribution in [1.29, 1.82) is 0 Å². The fraction of sp³-hybridized carbons (Fsp3) is 0.160. The first-order valence-corrected chi connectivity index (χ1v) is 10.1. The van der Waals surface area contributed by atoms with Crippen LogP contribution in [0.3, 0.4) is 0 Å². The van der Waals surface area contributed by atoms with E-state index in [4.69, 9.17) is 4.74 Å². The number of para-hydroxylation sites is 2. The van der Waals surface area contributed by atoms with Crippen LogP contribution in [0.1, 0.15) is 11.1 Å².